The van der Waals surface area contributed by atoms with Crippen molar-refractivity contribution in [3.8, 4) is 28.7 Å². The first-order chi connectivity index (χ1) is 21.6. The van der Waals surface area contributed by atoms with E-state index in [1.54, 1.807) is 6.92 Å². The van der Waals surface area contributed by atoms with Gasteiger partial charge in [-0.25, -0.2) is 0 Å². The second kappa shape index (κ2) is 11.1. The fourth-order valence-corrected chi connectivity index (χ4v) is 7.24. The number of rotatable bonds is 7. The van der Waals surface area contributed by atoms with Crippen molar-refractivity contribution < 1.29 is 65.4 Å². The van der Waals surface area contributed by atoms with Crippen LogP contribution in [-0.2, 0) is 15.0 Å². The molecule has 2 aromatic rings. The van der Waals surface area contributed by atoms with Gasteiger partial charge < -0.3 is 39.2 Å². The van der Waals surface area contributed by atoms with Crippen LogP contribution in [0.3, 0.4) is 0 Å². The smallest absolute Gasteiger partial charge is 0.492 e. The molecule has 10 nitrogen and oxygen atoms in total. The van der Waals surface area contributed by atoms with Crippen LogP contribution < -0.4 is 29.0 Å². The van der Waals surface area contributed by atoms with Gasteiger partial charge in [-0.2, -0.15) is 0 Å². The summed E-state index contributed by atoms with van der Waals surface area (Å²) in [6, 6.07) is 5.31. The minimum absolute atomic E-state index is 0.0624. The van der Waals surface area contributed by atoms with Gasteiger partial charge in [0.1, 0.15) is 35.4 Å². The number of amides is 1. The summed E-state index contributed by atoms with van der Waals surface area (Å²) in [7, 11) is 0. The predicted molar refractivity (Wildman–Crippen MR) is 147 cm³/mol. The number of ether oxygens (including phenoxy) is 5. The third-order valence-electron chi connectivity index (χ3n) is 9.82. The number of carbonyl (C=O) groups excluding carboxylic acids is 1. The molecule has 0 aromatic heterocycles. The maximum Gasteiger partial charge on any atom is 0.586 e. The van der Waals surface area contributed by atoms with Gasteiger partial charge in [-0.15, -0.1) is 22.0 Å². The van der Waals surface area contributed by atoms with E-state index in [1.807, 2.05) is 6.92 Å². The molecule has 6 rings (SSSR count). The van der Waals surface area contributed by atoms with E-state index >= 15 is 0 Å². The molecule has 0 radical (unpaired) electrons. The lowest BCUT2D eigenvalue weighted by Gasteiger charge is -2.46. The van der Waals surface area contributed by atoms with Crippen LogP contribution in [0.5, 0.6) is 28.7 Å². The monoisotopic (exact) mass is 657 g/mol. The van der Waals surface area contributed by atoms with Crippen molar-refractivity contribution in [2.24, 2.45) is 17.3 Å². The lowest BCUT2D eigenvalue weighted by atomic mass is 9.61. The fourth-order valence-electron chi connectivity index (χ4n) is 7.24. The highest BCUT2D eigenvalue weighted by molar-refractivity contribution is 5.90. The molecular weight excluding hydrogens is 625 g/mol. The zero-order chi connectivity index (χ0) is 33.2. The molecule has 1 saturated carbocycles. The normalized spacial score (nSPS) is 30.8. The maximum absolute atomic E-state index is 14.0. The van der Waals surface area contributed by atoms with E-state index in [4.69, 9.17) is 9.47 Å². The molecule has 2 aromatic carbocycles. The average Bonchev–Trinajstić information content (AvgIpc) is 3.48. The van der Waals surface area contributed by atoms with Crippen molar-refractivity contribution in [3.05, 3.63) is 41.5 Å². The van der Waals surface area contributed by atoms with Crippen molar-refractivity contribution in [3.63, 3.8) is 0 Å². The molecule has 6 atom stereocenters. The van der Waals surface area contributed by atoms with Gasteiger partial charge in [0.05, 0.1) is 18.1 Å². The summed E-state index contributed by atoms with van der Waals surface area (Å²) < 4.78 is 91.6. The standard InChI is InChI=1S/C31H32F5NO9/c1-3-16-8-15(6-7-29(16,13-38)27(40)41)21-11-20(18-5-4-17(9-22(18)43-21)44-30(32,33)34)37-26(39)28(2)14-42-23-12-25-24(10-19(23)28)45-31(35,36)46-25/h4-5,9-10,12,15-16,20-21,38H,3,6-8,11,13-14H2,1-2H3,(H,37,39)(H,40,41)/t15?,16?,20-,21-,28+,29?/m1/s1. The van der Waals surface area contributed by atoms with Crippen LogP contribution in [0, 0.1) is 17.3 Å². The van der Waals surface area contributed by atoms with Crippen LogP contribution in [0.4, 0.5) is 22.0 Å². The SMILES string of the molecule is CCC1CC([C@H]2C[C@@H](NC(=O)[C@@]3(C)COc4cc5c(cc43)OC(F)(F)O5)c3ccc(OC(F)(F)F)cc3O2)CCC1(CO)C(=O)O. The minimum atomic E-state index is -4.96. The Morgan fingerprint density at radius 3 is 2.43 bits per heavy atom. The second-order valence-electron chi connectivity index (χ2n) is 12.5. The number of aliphatic carboxylic acids is 1. The third-order valence-corrected chi connectivity index (χ3v) is 9.82. The molecule has 250 valence electrons. The highest BCUT2D eigenvalue weighted by Crippen LogP contribution is 2.52. The molecule has 3 N–H and O–H groups in total. The quantitative estimate of drug-likeness (QED) is 0.333. The first kappa shape index (κ1) is 32.0. The minimum Gasteiger partial charge on any atom is -0.492 e. The summed E-state index contributed by atoms with van der Waals surface area (Å²) in [6.45, 7) is 2.74. The summed E-state index contributed by atoms with van der Waals surface area (Å²) in [6.07, 6.45) is -7.88. The number of carboxylic acids is 1. The van der Waals surface area contributed by atoms with Crippen molar-refractivity contribution in [1.29, 1.82) is 0 Å². The van der Waals surface area contributed by atoms with E-state index in [9.17, 15) is 41.8 Å². The van der Waals surface area contributed by atoms with Gasteiger partial charge in [-0.3, -0.25) is 9.59 Å². The van der Waals surface area contributed by atoms with Crippen molar-refractivity contribution in [2.45, 2.75) is 76.2 Å². The number of alkyl halides is 5. The zero-order valence-corrected chi connectivity index (χ0v) is 24.8. The molecule has 1 aliphatic carbocycles. The summed E-state index contributed by atoms with van der Waals surface area (Å²) in [5, 5.41) is 23.0. The maximum atomic E-state index is 14.0. The molecule has 1 fully saturated rings. The van der Waals surface area contributed by atoms with E-state index < -0.39 is 65.8 Å². The Balaban J connectivity index is 1.29. The largest absolute Gasteiger partial charge is 0.586 e. The van der Waals surface area contributed by atoms with Gasteiger partial charge in [-0.05, 0) is 56.2 Å². The topological polar surface area (TPSA) is 133 Å². The zero-order valence-electron chi connectivity index (χ0n) is 24.8. The van der Waals surface area contributed by atoms with Gasteiger partial charge in [0.25, 0.3) is 0 Å². The number of aliphatic hydroxyl groups is 1. The summed E-state index contributed by atoms with van der Waals surface area (Å²) in [5.74, 6) is -3.05. The van der Waals surface area contributed by atoms with E-state index in [1.165, 1.54) is 18.2 Å². The Kier molecular flexibility index (Phi) is 7.68. The van der Waals surface area contributed by atoms with E-state index in [0.29, 0.717) is 24.8 Å². The molecule has 3 aliphatic heterocycles. The molecule has 0 spiro atoms. The fraction of sp³-hybridized carbons (Fsp3) is 0.548. The lowest BCUT2D eigenvalue weighted by molar-refractivity contribution is -0.286. The van der Waals surface area contributed by atoms with Crippen LogP contribution in [0.2, 0.25) is 0 Å². The first-order valence-corrected chi connectivity index (χ1v) is 14.9. The van der Waals surface area contributed by atoms with Crippen LogP contribution in [0.15, 0.2) is 30.3 Å². The van der Waals surface area contributed by atoms with Gasteiger partial charge in [0.15, 0.2) is 11.5 Å². The Morgan fingerprint density at radius 2 is 1.78 bits per heavy atom. The number of halogens is 5. The molecule has 4 aliphatic rings. The van der Waals surface area contributed by atoms with Crippen molar-refractivity contribution in [2.75, 3.05) is 13.2 Å². The van der Waals surface area contributed by atoms with Crippen molar-refractivity contribution in [1.82, 2.24) is 5.32 Å². The van der Waals surface area contributed by atoms with E-state index in [2.05, 4.69) is 19.5 Å². The summed E-state index contributed by atoms with van der Waals surface area (Å²) in [4.78, 5) is 26.1. The van der Waals surface area contributed by atoms with Crippen LogP contribution in [0.25, 0.3) is 0 Å². The predicted octanol–water partition coefficient (Wildman–Crippen LogP) is 5.46. The van der Waals surface area contributed by atoms with E-state index in [0.717, 1.165) is 12.1 Å². The molecule has 3 heterocycles. The molecule has 1 amide bonds. The Hall–Kier alpha value is -4.01. The van der Waals surface area contributed by atoms with Gasteiger partial charge in [-0.1, -0.05) is 13.3 Å². The van der Waals surface area contributed by atoms with Crippen molar-refractivity contribution >= 4 is 11.9 Å². The number of hydrogen-bond donors (Lipinski definition) is 3. The Labute approximate surface area is 259 Å². The number of carboxylic acid groups (broad SMARTS) is 1. The second-order valence-corrected chi connectivity index (χ2v) is 12.5. The molecule has 46 heavy (non-hydrogen) atoms. The molecule has 0 saturated heterocycles. The molecule has 15 heteroatoms. The number of nitrogens with one attached hydrogen (secondary N) is 1. The number of carbonyl (C=O) groups is 2. The number of benzene rings is 2. The average molecular weight is 658 g/mol. The number of hydrogen-bond acceptors (Lipinski definition) is 8. The third kappa shape index (κ3) is 5.52. The molecule has 3 unspecified atom stereocenters. The first-order valence-electron chi connectivity index (χ1n) is 14.9. The molecule has 0 bridgehead atoms. The van der Waals surface area contributed by atoms with Crippen LogP contribution in [0.1, 0.15) is 63.1 Å². The van der Waals surface area contributed by atoms with Gasteiger partial charge in [0.2, 0.25) is 5.91 Å². The number of aliphatic hydroxyl groups excluding tert-OH is 1. The molecular formula is C31H32F5NO9. The summed E-state index contributed by atoms with van der Waals surface area (Å²) >= 11 is 0. The van der Waals surface area contributed by atoms with Crippen LogP contribution >= 0.6 is 0 Å². The highest BCUT2D eigenvalue weighted by Gasteiger charge is 2.52. The van der Waals surface area contributed by atoms with E-state index in [-0.39, 0.29) is 53.9 Å². The van der Waals surface area contributed by atoms with Crippen LogP contribution in [-0.4, -0.2) is 54.1 Å². The Morgan fingerprint density at radius 1 is 1.07 bits per heavy atom. The number of fused-ring (bicyclic) bond motifs is 3. The highest BCUT2D eigenvalue weighted by atomic mass is 19.4. The van der Waals surface area contributed by atoms with Gasteiger partial charge in [0, 0.05) is 29.7 Å². The van der Waals surface area contributed by atoms with Gasteiger partial charge >= 0.3 is 18.6 Å². The lowest BCUT2D eigenvalue weighted by Crippen LogP contribution is -2.50. The Bertz CT molecular complexity index is 1550. The summed E-state index contributed by atoms with van der Waals surface area (Å²) in [5.41, 5.74) is -2.00.